The first kappa shape index (κ1) is 23.6. The van der Waals surface area contributed by atoms with Crippen molar-refractivity contribution in [2.24, 2.45) is 0 Å². The number of nitrogens with zero attached hydrogens (tertiary/aromatic N) is 1. The maximum absolute atomic E-state index is 13.1. The standard InChI is InChI=1S/C27H30N2O5/c1-4-34-27(31)16-23-21-15-25(33-3)24(32-2)14-19(21)12-13-29(23)17-26(30)28-22-11-7-9-18-8-5-6-10-20(18)22/h5-11,14-15,23H,4,12-13,16-17H2,1-3H3,(H,28,30). The molecule has 0 bridgehead atoms. The Kier molecular flexibility index (Phi) is 7.33. The Hall–Kier alpha value is -3.58. The summed E-state index contributed by atoms with van der Waals surface area (Å²) in [4.78, 5) is 27.6. The summed E-state index contributed by atoms with van der Waals surface area (Å²) in [6.45, 7) is 2.89. The Labute approximate surface area is 199 Å². The average Bonchev–Trinajstić information content (AvgIpc) is 2.85. The highest BCUT2D eigenvalue weighted by Crippen LogP contribution is 2.39. The number of rotatable bonds is 8. The summed E-state index contributed by atoms with van der Waals surface area (Å²) >= 11 is 0. The van der Waals surface area contributed by atoms with Crippen molar-refractivity contribution in [1.29, 1.82) is 0 Å². The molecule has 0 aliphatic carbocycles. The zero-order valence-corrected chi connectivity index (χ0v) is 19.8. The van der Waals surface area contributed by atoms with Crippen LogP contribution in [0.15, 0.2) is 54.6 Å². The van der Waals surface area contributed by atoms with Gasteiger partial charge in [-0.25, -0.2) is 0 Å². The summed E-state index contributed by atoms with van der Waals surface area (Å²) in [6, 6.07) is 17.3. The van der Waals surface area contributed by atoms with Gasteiger partial charge in [-0.3, -0.25) is 14.5 Å². The van der Waals surface area contributed by atoms with Gasteiger partial charge in [0.05, 0.1) is 33.8 Å². The molecule has 178 valence electrons. The number of carbonyl (C=O) groups excluding carboxylic acids is 2. The first-order valence-corrected chi connectivity index (χ1v) is 11.5. The van der Waals surface area contributed by atoms with Gasteiger partial charge in [0.25, 0.3) is 0 Å². The SMILES string of the molecule is CCOC(=O)CC1c2cc(OC)c(OC)cc2CCN1CC(=O)Nc1cccc2ccccc12. The van der Waals surface area contributed by atoms with Crippen LogP contribution in [0.2, 0.25) is 0 Å². The van der Waals surface area contributed by atoms with Gasteiger partial charge < -0.3 is 19.5 Å². The number of benzene rings is 3. The van der Waals surface area contributed by atoms with Gasteiger partial charge in [-0.15, -0.1) is 0 Å². The van der Waals surface area contributed by atoms with Gasteiger partial charge in [0, 0.05) is 23.7 Å². The van der Waals surface area contributed by atoms with E-state index in [-0.39, 0.29) is 30.9 Å². The molecule has 3 aromatic carbocycles. The number of fused-ring (bicyclic) bond motifs is 2. The quantitative estimate of drug-likeness (QED) is 0.502. The smallest absolute Gasteiger partial charge is 0.307 e. The Morgan fingerprint density at radius 1 is 1.03 bits per heavy atom. The third-order valence-corrected chi connectivity index (χ3v) is 6.19. The van der Waals surface area contributed by atoms with E-state index < -0.39 is 0 Å². The highest BCUT2D eigenvalue weighted by atomic mass is 16.5. The molecule has 0 saturated heterocycles. The molecule has 0 radical (unpaired) electrons. The van der Waals surface area contributed by atoms with Crippen LogP contribution in [-0.2, 0) is 20.7 Å². The lowest BCUT2D eigenvalue weighted by molar-refractivity contribution is -0.145. The number of amides is 1. The number of hydrogen-bond donors (Lipinski definition) is 1. The molecular formula is C27H30N2O5. The van der Waals surface area contributed by atoms with Crippen molar-refractivity contribution < 1.29 is 23.8 Å². The molecule has 4 rings (SSSR count). The lowest BCUT2D eigenvalue weighted by Gasteiger charge is -2.37. The van der Waals surface area contributed by atoms with Gasteiger partial charge in [0.1, 0.15) is 0 Å². The van der Waals surface area contributed by atoms with Crippen molar-refractivity contribution in [1.82, 2.24) is 4.90 Å². The molecule has 34 heavy (non-hydrogen) atoms. The number of anilines is 1. The van der Waals surface area contributed by atoms with E-state index in [2.05, 4.69) is 5.32 Å². The van der Waals surface area contributed by atoms with Crippen LogP contribution in [0.3, 0.4) is 0 Å². The molecule has 1 heterocycles. The maximum Gasteiger partial charge on any atom is 0.307 e. The van der Waals surface area contributed by atoms with E-state index in [9.17, 15) is 9.59 Å². The molecule has 3 aromatic rings. The molecule has 1 atom stereocenters. The number of ether oxygens (including phenoxy) is 3. The zero-order valence-electron chi connectivity index (χ0n) is 19.8. The topological polar surface area (TPSA) is 77.1 Å². The van der Waals surface area contributed by atoms with E-state index in [1.54, 1.807) is 21.1 Å². The van der Waals surface area contributed by atoms with Gasteiger partial charge in [0.2, 0.25) is 5.91 Å². The van der Waals surface area contributed by atoms with E-state index in [0.29, 0.717) is 24.7 Å². The molecule has 1 unspecified atom stereocenters. The molecule has 7 nitrogen and oxygen atoms in total. The van der Waals surface area contributed by atoms with Crippen LogP contribution in [0.5, 0.6) is 11.5 Å². The van der Waals surface area contributed by atoms with E-state index in [0.717, 1.165) is 34.0 Å². The van der Waals surface area contributed by atoms with Gasteiger partial charge in [-0.1, -0.05) is 36.4 Å². The summed E-state index contributed by atoms with van der Waals surface area (Å²) in [5.41, 5.74) is 2.81. The minimum Gasteiger partial charge on any atom is -0.493 e. The Balaban J connectivity index is 1.59. The zero-order chi connectivity index (χ0) is 24.1. The molecule has 1 N–H and O–H groups in total. The second kappa shape index (κ2) is 10.6. The van der Waals surface area contributed by atoms with Gasteiger partial charge in [-0.05, 0) is 48.1 Å². The van der Waals surface area contributed by atoms with Crippen molar-refractivity contribution in [2.75, 3.05) is 39.2 Å². The lowest BCUT2D eigenvalue weighted by atomic mass is 9.90. The normalized spacial score (nSPS) is 15.4. The minimum atomic E-state index is -0.305. The molecular weight excluding hydrogens is 432 g/mol. The first-order chi connectivity index (χ1) is 16.5. The molecule has 1 aliphatic heterocycles. The fourth-order valence-corrected chi connectivity index (χ4v) is 4.59. The third-order valence-electron chi connectivity index (χ3n) is 6.19. The fourth-order valence-electron chi connectivity index (χ4n) is 4.59. The molecule has 0 saturated carbocycles. The summed E-state index contributed by atoms with van der Waals surface area (Å²) in [6.07, 6.45) is 0.883. The molecule has 1 amide bonds. The number of esters is 1. The van der Waals surface area contributed by atoms with Gasteiger partial charge >= 0.3 is 5.97 Å². The largest absolute Gasteiger partial charge is 0.493 e. The summed E-state index contributed by atoms with van der Waals surface area (Å²) in [5.74, 6) is 0.819. The van der Waals surface area contributed by atoms with E-state index in [1.165, 1.54) is 0 Å². The van der Waals surface area contributed by atoms with Crippen molar-refractivity contribution in [3.05, 3.63) is 65.7 Å². The van der Waals surface area contributed by atoms with Crippen LogP contribution in [0.25, 0.3) is 10.8 Å². The number of carbonyl (C=O) groups is 2. The second-order valence-corrected chi connectivity index (χ2v) is 8.23. The van der Waals surface area contributed by atoms with E-state index in [4.69, 9.17) is 14.2 Å². The highest BCUT2D eigenvalue weighted by molar-refractivity contribution is 6.02. The molecule has 1 aliphatic rings. The molecule has 0 spiro atoms. The minimum absolute atomic E-state index is 0.130. The van der Waals surface area contributed by atoms with Crippen LogP contribution in [0.1, 0.15) is 30.5 Å². The van der Waals surface area contributed by atoms with Crippen LogP contribution >= 0.6 is 0 Å². The predicted octanol–water partition coefficient (Wildman–Crippen LogP) is 4.35. The van der Waals surface area contributed by atoms with Crippen LogP contribution in [0.4, 0.5) is 5.69 Å². The van der Waals surface area contributed by atoms with Crippen molar-refractivity contribution in [3.63, 3.8) is 0 Å². The van der Waals surface area contributed by atoms with E-state index >= 15 is 0 Å². The van der Waals surface area contributed by atoms with Crippen LogP contribution in [-0.4, -0.2) is 50.7 Å². The monoisotopic (exact) mass is 462 g/mol. The predicted molar refractivity (Wildman–Crippen MR) is 131 cm³/mol. The molecule has 0 aromatic heterocycles. The highest BCUT2D eigenvalue weighted by Gasteiger charge is 2.32. The number of methoxy groups -OCH3 is 2. The van der Waals surface area contributed by atoms with Crippen LogP contribution in [0, 0.1) is 0 Å². The van der Waals surface area contributed by atoms with Crippen LogP contribution < -0.4 is 14.8 Å². The Bertz CT molecular complexity index is 1190. The summed E-state index contributed by atoms with van der Waals surface area (Å²) in [5, 5.41) is 5.11. The maximum atomic E-state index is 13.1. The van der Waals surface area contributed by atoms with E-state index in [1.807, 2.05) is 59.5 Å². The number of nitrogens with one attached hydrogen (secondary N) is 1. The van der Waals surface area contributed by atoms with Crippen molar-refractivity contribution in [2.45, 2.75) is 25.8 Å². The van der Waals surface area contributed by atoms with Gasteiger partial charge in [-0.2, -0.15) is 0 Å². The second-order valence-electron chi connectivity index (χ2n) is 8.23. The van der Waals surface area contributed by atoms with Crippen molar-refractivity contribution in [3.8, 4) is 11.5 Å². The summed E-state index contributed by atoms with van der Waals surface area (Å²) < 4.78 is 16.2. The summed E-state index contributed by atoms with van der Waals surface area (Å²) in [7, 11) is 3.19. The Morgan fingerprint density at radius 3 is 2.53 bits per heavy atom. The third kappa shape index (κ3) is 4.99. The van der Waals surface area contributed by atoms with Gasteiger partial charge in [0.15, 0.2) is 11.5 Å². The lowest BCUT2D eigenvalue weighted by Crippen LogP contribution is -2.41. The fraction of sp³-hybridized carbons (Fsp3) is 0.333. The molecule has 0 fully saturated rings. The molecule has 7 heteroatoms. The average molecular weight is 463 g/mol. The van der Waals surface area contributed by atoms with Crippen molar-refractivity contribution >= 4 is 28.3 Å². The number of hydrogen-bond acceptors (Lipinski definition) is 6. The first-order valence-electron chi connectivity index (χ1n) is 11.5. The Morgan fingerprint density at radius 2 is 1.76 bits per heavy atom.